The minimum Gasteiger partial charge on any atom is -0.340 e. The minimum absolute atomic E-state index is 0.169. The summed E-state index contributed by atoms with van der Waals surface area (Å²) in [6, 6.07) is 6.24. The number of piperazine rings is 1. The maximum Gasteiger partial charge on any atom is 0.225 e. The summed E-state index contributed by atoms with van der Waals surface area (Å²) >= 11 is 0. The average molecular weight is 288 g/mol. The smallest absolute Gasteiger partial charge is 0.225 e. The van der Waals surface area contributed by atoms with Crippen LogP contribution in [0.2, 0.25) is 0 Å². The zero-order valence-electron chi connectivity index (χ0n) is 12.4. The maximum atomic E-state index is 12.5. The summed E-state index contributed by atoms with van der Waals surface area (Å²) in [5.74, 6) is 0.489. The molecular formula is C16H24N4O. The van der Waals surface area contributed by atoms with Crippen molar-refractivity contribution in [2.24, 2.45) is 11.7 Å². The SMILES string of the molecule is N[C@@H]1CC[C@H](C(=O)N2CCN(Cc3ccccn3)CC2)C1. The Kier molecular flexibility index (Phi) is 4.51. The highest BCUT2D eigenvalue weighted by atomic mass is 16.2. The molecular weight excluding hydrogens is 264 g/mol. The second-order valence-electron chi connectivity index (χ2n) is 6.19. The Labute approximate surface area is 126 Å². The lowest BCUT2D eigenvalue weighted by Crippen LogP contribution is -2.49. The van der Waals surface area contributed by atoms with E-state index in [-0.39, 0.29) is 12.0 Å². The van der Waals surface area contributed by atoms with E-state index >= 15 is 0 Å². The number of hydrogen-bond acceptors (Lipinski definition) is 4. The molecule has 1 aliphatic carbocycles. The van der Waals surface area contributed by atoms with Crippen molar-refractivity contribution in [3.05, 3.63) is 30.1 Å². The molecule has 0 aromatic carbocycles. The Morgan fingerprint density at radius 3 is 2.67 bits per heavy atom. The van der Waals surface area contributed by atoms with Gasteiger partial charge in [0.15, 0.2) is 0 Å². The molecule has 2 atom stereocenters. The molecule has 0 spiro atoms. The minimum atomic E-state index is 0.169. The molecule has 21 heavy (non-hydrogen) atoms. The van der Waals surface area contributed by atoms with Gasteiger partial charge in [-0.15, -0.1) is 0 Å². The van der Waals surface area contributed by atoms with Gasteiger partial charge in [-0.25, -0.2) is 0 Å². The normalized spacial score (nSPS) is 27.0. The summed E-state index contributed by atoms with van der Waals surface area (Å²) in [5, 5.41) is 0. The topological polar surface area (TPSA) is 62.5 Å². The number of carbonyl (C=O) groups excluding carboxylic acids is 1. The van der Waals surface area contributed by atoms with Crippen molar-refractivity contribution >= 4 is 5.91 Å². The molecule has 1 saturated heterocycles. The third-order valence-electron chi connectivity index (χ3n) is 4.62. The summed E-state index contributed by atoms with van der Waals surface area (Å²) in [7, 11) is 0. The van der Waals surface area contributed by atoms with Gasteiger partial charge in [-0.1, -0.05) is 6.07 Å². The molecule has 0 bridgehead atoms. The Morgan fingerprint density at radius 1 is 1.24 bits per heavy atom. The molecule has 1 amide bonds. The summed E-state index contributed by atoms with van der Waals surface area (Å²) in [5.41, 5.74) is 7.01. The predicted molar refractivity (Wildman–Crippen MR) is 81.4 cm³/mol. The highest BCUT2D eigenvalue weighted by Crippen LogP contribution is 2.26. The Bertz CT molecular complexity index is 470. The van der Waals surface area contributed by atoms with E-state index in [0.717, 1.165) is 57.7 Å². The molecule has 2 heterocycles. The molecule has 1 aliphatic heterocycles. The fourth-order valence-corrected chi connectivity index (χ4v) is 3.35. The van der Waals surface area contributed by atoms with Crippen LogP contribution in [0.1, 0.15) is 25.0 Å². The second-order valence-corrected chi connectivity index (χ2v) is 6.19. The second kappa shape index (κ2) is 6.54. The van der Waals surface area contributed by atoms with Crippen molar-refractivity contribution in [3.8, 4) is 0 Å². The zero-order valence-corrected chi connectivity index (χ0v) is 12.4. The van der Waals surface area contributed by atoms with Crippen molar-refractivity contribution in [2.45, 2.75) is 31.8 Å². The lowest BCUT2D eigenvalue weighted by atomic mass is 10.1. The van der Waals surface area contributed by atoms with Crippen molar-refractivity contribution in [3.63, 3.8) is 0 Å². The van der Waals surface area contributed by atoms with Crippen molar-refractivity contribution in [1.82, 2.24) is 14.8 Å². The number of carbonyl (C=O) groups is 1. The van der Waals surface area contributed by atoms with E-state index in [4.69, 9.17) is 5.73 Å². The molecule has 2 N–H and O–H groups in total. The number of rotatable bonds is 3. The standard InChI is InChI=1S/C16H24N4O/c17-14-5-4-13(11-14)16(21)20-9-7-19(8-10-20)12-15-3-1-2-6-18-15/h1-3,6,13-14H,4-5,7-12,17H2/t13-,14+/m0/s1. The van der Waals surface area contributed by atoms with E-state index in [1.807, 2.05) is 23.2 Å². The molecule has 5 nitrogen and oxygen atoms in total. The fourth-order valence-electron chi connectivity index (χ4n) is 3.35. The van der Waals surface area contributed by atoms with Crippen molar-refractivity contribution < 1.29 is 4.79 Å². The molecule has 5 heteroatoms. The number of aromatic nitrogens is 1. The Hall–Kier alpha value is -1.46. The predicted octanol–water partition coefficient (Wildman–Crippen LogP) is 0.853. The van der Waals surface area contributed by atoms with Crippen LogP contribution in [-0.4, -0.2) is 52.9 Å². The third kappa shape index (κ3) is 3.60. The lowest BCUT2D eigenvalue weighted by Gasteiger charge is -2.35. The van der Waals surface area contributed by atoms with E-state index in [0.29, 0.717) is 5.91 Å². The van der Waals surface area contributed by atoms with Gasteiger partial charge in [0.2, 0.25) is 5.91 Å². The zero-order chi connectivity index (χ0) is 14.7. The lowest BCUT2D eigenvalue weighted by molar-refractivity contribution is -0.137. The van der Waals surface area contributed by atoms with E-state index in [1.165, 1.54) is 0 Å². The van der Waals surface area contributed by atoms with Crippen LogP contribution in [0.15, 0.2) is 24.4 Å². The molecule has 1 aromatic heterocycles. The first kappa shape index (κ1) is 14.5. The Morgan fingerprint density at radius 2 is 2.05 bits per heavy atom. The molecule has 0 unspecified atom stereocenters. The maximum absolute atomic E-state index is 12.5. The van der Waals surface area contributed by atoms with E-state index < -0.39 is 0 Å². The van der Waals surface area contributed by atoms with Gasteiger partial charge in [0.1, 0.15) is 0 Å². The first-order chi connectivity index (χ1) is 10.2. The van der Waals surface area contributed by atoms with Gasteiger partial charge >= 0.3 is 0 Å². The van der Waals surface area contributed by atoms with Crippen LogP contribution in [0, 0.1) is 5.92 Å². The Balaban J connectivity index is 1.47. The number of amides is 1. The van der Waals surface area contributed by atoms with Crippen LogP contribution in [0.3, 0.4) is 0 Å². The van der Waals surface area contributed by atoms with Crippen LogP contribution >= 0.6 is 0 Å². The number of nitrogens with two attached hydrogens (primary N) is 1. The largest absolute Gasteiger partial charge is 0.340 e. The summed E-state index contributed by atoms with van der Waals surface area (Å²) in [4.78, 5) is 21.2. The molecule has 3 rings (SSSR count). The molecule has 0 radical (unpaired) electrons. The monoisotopic (exact) mass is 288 g/mol. The van der Waals surface area contributed by atoms with Gasteiger partial charge < -0.3 is 10.6 Å². The van der Waals surface area contributed by atoms with Gasteiger partial charge in [-0.2, -0.15) is 0 Å². The number of hydrogen-bond donors (Lipinski definition) is 1. The molecule has 1 saturated carbocycles. The molecule has 114 valence electrons. The van der Waals surface area contributed by atoms with Crippen molar-refractivity contribution in [1.29, 1.82) is 0 Å². The number of pyridine rings is 1. The van der Waals surface area contributed by atoms with Crippen LogP contribution in [-0.2, 0) is 11.3 Å². The van der Waals surface area contributed by atoms with E-state index in [1.54, 1.807) is 0 Å². The molecule has 1 aromatic rings. The van der Waals surface area contributed by atoms with Crippen LogP contribution in [0.4, 0.5) is 0 Å². The average Bonchev–Trinajstić information content (AvgIpc) is 2.95. The van der Waals surface area contributed by atoms with E-state index in [2.05, 4.69) is 16.0 Å². The van der Waals surface area contributed by atoms with Crippen LogP contribution < -0.4 is 5.73 Å². The summed E-state index contributed by atoms with van der Waals surface area (Å²) < 4.78 is 0. The summed E-state index contributed by atoms with van der Waals surface area (Å²) in [6.45, 7) is 4.40. The number of nitrogens with zero attached hydrogens (tertiary/aromatic N) is 3. The van der Waals surface area contributed by atoms with Crippen LogP contribution in [0.25, 0.3) is 0 Å². The quantitative estimate of drug-likeness (QED) is 0.896. The van der Waals surface area contributed by atoms with Gasteiger partial charge in [0.05, 0.1) is 5.69 Å². The fraction of sp³-hybridized carbons (Fsp3) is 0.625. The highest BCUT2D eigenvalue weighted by molar-refractivity contribution is 5.79. The van der Waals surface area contributed by atoms with Crippen molar-refractivity contribution in [2.75, 3.05) is 26.2 Å². The van der Waals surface area contributed by atoms with Gasteiger partial charge in [-0.3, -0.25) is 14.7 Å². The van der Waals surface area contributed by atoms with Gasteiger partial charge in [-0.05, 0) is 31.4 Å². The van der Waals surface area contributed by atoms with Crippen LogP contribution in [0.5, 0.6) is 0 Å². The van der Waals surface area contributed by atoms with Gasteiger partial charge in [0.25, 0.3) is 0 Å². The molecule has 2 fully saturated rings. The third-order valence-corrected chi connectivity index (χ3v) is 4.62. The first-order valence-corrected chi connectivity index (χ1v) is 7.89. The summed E-state index contributed by atoms with van der Waals surface area (Å²) in [6.07, 6.45) is 4.66. The van der Waals surface area contributed by atoms with E-state index in [9.17, 15) is 4.79 Å². The molecule has 2 aliphatic rings. The first-order valence-electron chi connectivity index (χ1n) is 7.89. The van der Waals surface area contributed by atoms with Gasteiger partial charge in [0, 0.05) is 50.9 Å². The highest BCUT2D eigenvalue weighted by Gasteiger charge is 2.32.